The van der Waals surface area contributed by atoms with Gasteiger partial charge in [0.05, 0.1) is 11.6 Å². The molecule has 0 aliphatic rings. The van der Waals surface area contributed by atoms with E-state index in [1.54, 1.807) is 7.11 Å². The molecule has 5 heteroatoms. The van der Waals surface area contributed by atoms with Crippen molar-refractivity contribution in [2.45, 2.75) is 13.5 Å². The molecule has 0 saturated heterocycles. The van der Waals surface area contributed by atoms with Crippen LogP contribution in [0.15, 0.2) is 34.8 Å². The quantitative estimate of drug-likeness (QED) is 0.904. The van der Waals surface area contributed by atoms with Crippen LogP contribution in [-0.2, 0) is 6.54 Å². The Morgan fingerprint density at radius 1 is 1.25 bits per heavy atom. The van der Waals surface area contributed by atoms with Gasteiger partial charge in [-0.1, -0.05) is 6.07 Å². The third kappa shape index (κ3) is 3.49. The molecule has 1 heterocycles. The van der Waals surface area contributed by atoms with Crippen molar-refractivity contribution in [3.63, 3.8) is 0 Å². The van der Waals surface area contributed by atoms with Gasteiger partial charge < -0.3 is 14.8 Å². The van der Waals surface area contributed by atoms with Gasteiger partial charge in [-0.15, -0.1) is 0 Å². The number of ether oxygens (including phenoxy) is 2. The summed E-state index contributed by atoms with van der Waals surface area (Å²) in [5.41, 5.74) is 2.12. The van der Waals surface area contributed by atoms with Crippen LogP contribution in [0.5, 0.6) is 17.4 Å². The second-order valence-corrected chi connectivity index (χ2v) is 5.18. The van der Waals surface area contributed by atoms with Crippen molar-refractivity contribution in [1.29, 1.82) is 0 Å². The molecule has 0 atom stereocenters. The molecule has 0 bridgehead atoms. The van der Waals surface area contributed by atoms with Crippen LogP contribution in [0.3, 0.4) is 0 Å². The fourth-order valence-electron chi connectivity index (χ4n) is 1.80. The number of nitrogens with one attached hydrogen (secondary N) is 1. The summed E-state index contributed by atoms with van der Waals surface area (Å²) in [6.45, 7) is 2.77. The highest BCUT2D eigenvalue weighted by atomic mass is 79.9. The second-order valence-electron chi connectivity index (χ2n) is 4.32. The van der Waals surface area contributed by atoms with Gasteiger partial charge in [0.1, 0.15) is 11.5 Å². The normalized spacial score (nSPS) is 10.4. The first-order valence-corrected chi connectivity index (χ1v) is 7.06. The molecule has 0 unspecified atom stereocenters. The van der Waals surface area contributed by atoms with Crippen molar-refractivity contribution in [3.8, 4) is 17.4 Å². The second kappa shape index (κ2) is 6.72. The summed E-state index contributed by atoms with van der Waals surface area (Å²) in [5, 5.41) is 3.11. The fraction of sp³-hybridized carbons (Fsp3) is 0.267. The van der Waals surface area contributed by atoms with E-state index in [0.29, 0.717) is 11.6 Å². The van der Waals surface area contributed by atoms with Gasteiger partial charge >= 0.3 is 0 Å². The Kier molecular flexibility index (Phi) is 4.98. The topological polar surface area (TPSA) is 43.4 Å². The summed E-state index contributed by atoms with van der Waals surface area (Å²) in [4.78, 5) is 4.46. The van der Waals surface area contributed by atoms with Crippen molar-refractivity contribution in [2.75, 3.05) is 14.2 Å². The van der Waals surface area contributed by atoms with Crippen molar-refractivity contribution < 1.29 is 9.47 Å². The Hall–Kier alpha value is -1.59. The third-order valence-electron chi connectivity index (χ3n) is 2.89. The number of pyridine rings is 1. The number of aryl methyl sites for hydroxylation is 1. The van der Waals surface area contributed by atoms with E-state index >= 15 is 0 Å². The lowest BCUT2D eigenvalue weighted by Gasteiger charge is -2.10. The van der Waals surface area contributed by atoms with Gasteiger partial charge in [-0.3, -0.25) is 0 Å². The molecule has 0 fully saturated rings. The standard InChI is InChI=1S/C15H17BrN2O2/c1-10-11(9-17-2)4-7-15(18-10)20-14-6-5-12(19-3)8-13(14)16/h4-8,17H,9H2,1-3H3. The van der Waals surface area contributed by atoms with Gasteiger partial charge in [-0.2, -0.15) is 0 Å². The lowest BCUT2D eigenvalue weighted by atomic mass is 10.2. The molecule has 1 aromatic heterocycles. The summed E-state index contributed by atoms with van der Waals surface area (Å²) in [5.74, 6) is 2.06. The number of aromatic nitrogens is 1. The van der Waals surface area contributed by atoms with Crippen LogP contribution in [0.1, 0.15) is 11.3 Å². The van der Waals surface area contributed by atoms with Crippen LogP contribution >= 0.6 is 15.9 Å². The van der Waals surface area contributed by atoms with Gasteiger partial charge in [-0.25, -0.2) is 4.98 Å². The number of hydrogen-bond donors (Lipinski definition) is 1. The largest absolute Gasteiger partial charge is 0.497 e. The van der Waals surface area contributed by atoms with Gasteiger partial charge in [-0.05, 0) is 53.7 Å². The smallest absolute Gasteiger partial charge is 0.219 e. The van der Waals surface area contributed by atoms with Crippen LogP contribution in [0.25, 0.3) is 0 Å². The SMILES string of the molecule is CNCc1ccc(Oc2ccc(OC)cc2Br)nc1C. The molecule has 1 N–H and O–H groups in total. The van der Waals surface area contributed by atoms with E-state index in [0.717, 1.165) is 28.0 Å². The van der Waals surface area contributed by atoms with E-state index in [9.17, 15) is 0 Å². The van der Waals surface area contributed by atoms with Gasteiger partial charge in [0.15, 0.2) is 0 Å². The number of halogens is 1. The molecular formula is C15H17BrN2O2. The van der Waals surface area contributed by atoms with E-state index in [1.165, 1.54) is 0 Å². The molecular weight excluding hydrogens is 320 g/mol. The average Bonchev–Trinajstić information content (AvgIpc) is 2.44. The van der Waals surface area contributed by atoms with Gasteiger partial charge in [0, 0.05) is 18.3 Å². The predicted molar refractivity (Wildman–Crippen MR) is 82.5 cm³/mol. The highest BCUT2D eigenvalue weighted by Crippen LogP contribution is 2.32. The number of hydrogen-bond acceptors (Lipinski definition) is 4. The molecule has 0 spiro atoms. The highest BCUT2D eigenvalue weighted by Gasteiger charge is 2.07. The van der Waals surface area contributed by atoms with E-state index in [2.05, 4.69) is 26.2 Å². The molecule has 0 saturated carbocycles. The van der Waals surface area contributed by atoms with Gasteiger partial charge in [0.25, 0.3) is 0 Å². The number of nitrogens with zero attached hydrogens (tertiary/aromatic N) is 1. The Morgan fingerprint density at radius 2 is 2.05 bits per heavy atom. The van der Waals surface area contributed by atoms with Crippen LogP contribution < -0.4 is 14.8 Å². The third-order valence-corrected chi connectivity index (χ3v) is 3.51. The minimum Gasteiger partial charge on any atom is -0.497 e. The Morgan fingerprint density at radius 3 is 2.65 bits per heavy atom. The van der Waals surface area contributed by atoms with Crippen molar-refractivity contribution in [2.24, 2.45) is 0 Å². The van der Waals surface area contributed by atoms with E-state index in [1.807, 2.05) is 44.3 Å². The first-order chi connectivity index (χ1) is 9.63. The monoisotopic (exact) mass is 336 g/mol. The first-order valence-electron chi connectivity index (χ1n) is 6.26. The summed E-state index contributed by atoms with van der Waals surface area (Å²) < 4.78 is 11.8. The first kappa shape index (κ1) is 14.8. The summed E-state index contributed by atoms with van der Waals surface area (Å²) in [7, 11) is 3.55. The predicted octanol–water partition coefficient (Wildman–Crippen LogP) is 3.67. The maximum absolute atomic E-state index is 5.79. The Bertz CT molecular complexity index is 602. The maximum Gasteiger partial charge on any atom is 0.219 e. The van der Waals surface area contributed by atoms with Crippen LogP contribution in [0.4, 0.5) is 0 Å². The summed E-state index contributed by atoms with van der Waals surface area (Å²) >= 11 is 3.46. The zero-order valence-corrected chi connectivity index (χ0v) is 13.3. The van der Waals surface area contributed by atoms with Gasteiger partial charge in [0.2, 0.25) is 5.88 Å². The molecule has 2 aromatic rings. The van der Waals surface area contributed by atoms with E-state index in [-0.39, 0.29) is 0 Å². The van der Waals surface area contributed by atoms with E-state index < -0.39 is 0 Å². The Balaban J connectivity index is 2.19. The minimum absolute atomic E-state index is 0.577. The number of methoxy groups -OCH3 is 1. The average molecular weight is 337 g/mol. The molecule has 1 aromatic carbocycles. The molecule has 20 heavy (non-hydrogen) atoms. The number of benzene rings is 1. The van der Waals surface area contributed by atoms with E-state index in [4.69, 9.17) is 9.47 Å². The fourth-order valence-corrected chi connectivity index (χ4v) is 2.24. The highest BCUT2D eigenvalue weighted by molar-refractivity contribution is 9.10. The minimum atomic E-state index is 0.577. The summed E-state index contributed by atoms with van der Waals surface area (Å²) in [6, 6.07) is 9.45. The van der Waals surface area contributed by atoms with Crippen molar-refractivity contribution >= 4 is 15.9 Å². The molecule has 106 valence electrons. The molecule has 0 aliphatic carbocycles. The molecule has 0 radical (unpaired) electrons. The Labute approximate surface area is 127 Å². The summed E-state index contributed by atoms with van der Waals surface area (Å²) in [6.07, 6.45) is 0. The van der Waals surface area contributed by atoms with Crippen molar-refractivity contribution in [3.05, 3.63) is 46.1 Å². The van der Waals surface area contributed by atoms with Crippen LogP contribution in [-0.4, -0.2) is 19.1 Å². The maximum atomic E-state index is 5.79. The zero-order valence-electron chi connectivity index (χ0n) is 11.7. The molecule has 0 aliphatic heterocycles. The lowest BCUT2D eigenvalue weighted by Crippen LogP contribution is -2.07. The zero-order chi connectivity index (χ0) is 14.5. The lowest BCUT2D eigenvalue weighted by molar-refractivity contribution is 0.411. The van der Waals surface area contributed by atoms with Crippen LogP contribution in [0.2, 0.25) is 0 Å². The molecule has 4 nitrogen and oxygen atoms in total. The molecule has 0 amide bonds. The van der Waals surface area contributed by atoms with Crippen LogP contribution in [0, 0.1) is 6.92 Å². The molecule has 2 rings (SSSR count). The van der Waals surface area contributed by atoms with Crippen molar-refractivity contribution in [1.82, 2.24) is 10.3 Å². The number of rotatable bonds is 5.